The van der Waals surface area contributed by atoms with Crippen molar-refractivity contribution in [2.24, 2.45) is 0 Å². The second-order valence-corrected chi connectivity index (χ2v) is 11.3. The summed E-state index contributed by atoms with van der Waals surface area (Å²) in [6.45, 7) is 1.69. The summed E-state index contributed by atoms with van der Waals surface area (Å²) >= 11 is 20.1. The van der Waals surface area contributed by atoms with Gasteiger partial charge in [0.2, 0.25) is 10.0 Å². The maximum Gasteiger partial charge on any atom is 0.241 e. The van der Waals surface area contributed by atoms with Crippen molar-refractivity contribution in [2.45, 2.75) is 28.8 Å². The van der Waals surface area contributed by atoms with Gasteiger partial charge in [0.15, 0.2) is 11.0 Å². The molecule has 0 radical (unpaired) electrons. The fourth-order valence-corrected chi connectivity index (χ4v) is 5.83. The molecule has 0 spiro atoms. The van der Waals surface area contributed by atoms with E-state index in [9.17, 15) is 8.42 Å². The molecule has 3 aromatic carbocycles. The maximum atomic E-state index is 12.9. The monoisotopic (exact) mass is 552 g/mol. The Morgan fingerprint density at radius 3 is 2.32 bits per heavy atom. The van der Waals surface area contributed by atoms with Crippen molar-refractivity contribution < 1.29 is 8.42 Å². The molecule has 0 aliphatic heterocycles. The molecule has 0 amide bonds. The Hall–Kier alpha value is -2.07. The van der Waals surface area contributed by atoms with E-state index < -0.39 is 16.1 Å². The van der Waals surface area contributed by atoms with Gasteiger partial charge in [0.05, 0.1) is 21.6 Å². The number of hydrogen-bond donors (Lipinski definition) is 1. The summed E-state index contributed by atoms with van der Waals surface area (Å²) < 4.78 is 30.3. The zero-order valence-electron chi connectivity index (χ0n) is 17.8. The molecule has 4 aromatic rings. The molecule has 0 bridgehead atoms. The van der Waals surface area contributed by atoms with Gasteiger partial charge in [-0.2, -0.15) is 0 Å². The van der Waals surface area contributed by atoms with Crippen LogP contribution < -0.4 is 4.72 Å². The highest BCUT2D eigenvalue weighted by Gasteiger charge is 2.25. The van der Waals surface area contributed by atoms with E-state index in [-0.39, 0.29) is 4.90 Å². The number of benzene rings is 3. The van der Waals surface area contributed by atoms with Crippen LogP contribution in [-0.2, 0) is 15.8 Å². The average Bonchev–Trinajstić information content (AvgIpc) is 3.24. The first-order chi connectivity index (χ1) is 16.2. The third-order valence-electron chi connectivity index (χ3n) is 4.86. The molecule has 0 aliphatic carbocycles. The fourth-order valence-electron chi connectivity index (χ4n) is 3.23. The van der Waals surface area contributed by atoms with Crippen molar-refractivity contribution in [1.29, 1.82) is 0 Å². The van der Waals surface area contributed by atoms with E-state index in [0.717, 1.165) is 5.56 Å². The normalized spacial score (nSPS) is 12.6. The van der Waals surface area contributed by atoms with E-state index >= 15 is 0 Å². The molecule has 6 nitrogen and oxygen atoms in total. The van der Waals surface area contributed by atoms with Crippen molar-refractivity contribution in [2.75, 3.05) is 0 Å². The lowest BCUT2D eigenvalue weighted by Gasteiger charge is -2.17. The molecular weight excluding hydrogens is 535 g/mol. The van der Waals surface area contributed by atoms with E-state index in [1.807, 2.05) is 30.3 Å². The van der Waals surface area contributed by atoms with Crippen LogP contribution in [0.15, 0.2) is 82.8 Å². The smallest absolute Gasteiger partial charge is 0.241 e. The summed E-state index contributed by atoms with van der Waals surface area (Å²) in [4.78, 5) is 0.0919. The lowest BCUT2D eigenvalue weighted by atomic mass is 10.2. The summed E-state index contributed by atoms with van der Waals surface area (Å²) in [5.41, 5.74) is 1.67. The number of sulfonamides is 1. The van der Waals surface area contributed by atoms with Crippen molar-refractivity contribution in [3.63, 3.8) is 0 Å². The Labute approximate surface area is 217 Å². The number of nitrogens with zero attached hydrogens (tertiary/aromatic N) is 3. The minimum Gasteiger partial charge on any atom is -0.271 e. The predicted molar refractivity (Wildman–Crippen MR) is 138 cm³/mol. The van der Waals surface area contributed by atoms with E-state index in [1.54, 1.807) is 29.7 Å². The molecule has 0 saturated carbocycles. The number of rotatable bonds is 8. The van der Waals surface area contributed by atoms with Crippen LogP contribution >= 0.6 is 46.6 Å². The first kappa shape index (κ1) is 25.0. The van der Waals surface area contributed by atoms with Gasteiger partial charge in [-0.3, -0.25) is 4.57 Å². The molecule has 11 heteroatoms. The molecule has 1 unspecified atom stereocenters. The number of thioether (sulfide) groups is 1. The summed E-state index contributed by atoms with van der Waals surface area (Å²) in [6.07, 6.45) is 0. The second kappa shape index (κ2) is 10.7. The van der Waals surface area contributed by atoms with Crippen molar-refractivity contribution in [3.05, 3.63) is 99.3 Å². The molecular formula is C23H19Cl3N4O2S2. The summed E-state index contributed by atoms with van der Waals surface area (Å²) in [5, 5.41) is 10.6. The van der Waals surface area contributed by atoms with Gasteiger partial charge in [-0.05, 0) is 55.0 Å². The van der Waals surface area contributed by atoms with Crippen LogP contribution in [0.1, 0.15) is 24.4 Å². The van der Waals surface area contributed by atoms with Crippen molar-refractivity contribution in [1.82, 2.24) is 19.5 Å². The van der Waals surface area contributed by atoms with Gasteiger partial charge >= 0.3 is 0 Å². The van der Waals surface area contributed by atoms with Crippen LogP contribution in [0.5, 0.6) is 0 Å². The van der Waals surface area contributed by atoms with Gasteiger partial charge in [-0.15, -0.1) is 10.2 Å². The van der Waals surface area contributed by atoms with Gasteiger partial charge in [0.1, 0.15) is 0 Å². The molecule has 1 heterocycles. The highest BCUT2D eigenvalue weighted by Crippen LogP contribution is 2.33. The zero-order chi connectivity index (χ0) is 24.3. The zero-order valence-corrected chi connectivity index (χ0v) is 21.7. The molecule has 34 heavy (non-hydrogen) atoms. The lowest BCUT2D eigenvalue weighted by Crippen LogP contribution is -2.28. The van der Waals surface area contributed by atoms with Gasteiger partial charge in [0.25, 0.3) is 0 Å². The van der Waals surface area contributed by atoms with Gasteiger partial charge in [-0.25, -0.2) is 13.1 Å². The Kier molecular flexibility index (Phi) is 7.87. The van der Waals surface area contributed by atoms with E-state index in [2.05, 4.69) is 14.9 Å². The van der Waals surface area contributed by atoms with Gasteiger partial charge < -0.3 is 0 Å². The molecule has 0 saturated heterocycles. The Morgan fingerprint density at radius 1 is 0.941 bits per heavy atom. The van der Waals surface area contributed by atoms with E-state index in [1.165, 1.54) is 36.0 Å². The Balaban J connectivity index is 1.70. The average molecular weight is 554 g/mol. The molecule has 0 fully saturated rings. The number of nitrogens with one attached hydrogen (secondary N) is 1. The van der Waals surface area contributed by atoms with E-state index in [4.69, 9.17) is 34.8 Å². The molecule has 4 rings (SSSR count). The fraction of sp³-hybridized carbons (Fsp3) is 0.130. The van der Waals surface area contributed by atoms with Gasteiger partial charge in [0, 0.05) is 15.8 Å². The standard InChI is InChI=1S/C23H19Cl3N4O2S2/c1-15(29-34(31,32)19-10-7-17(24)8-11-19)22-27-28-23(33-14-16-5-3-2-4-6-16)30(22)21-13-18(25)9-12-20(21)26/h2-13,15,29H,14H2,1H3. The van der Waals surface area contributed by atoms with E-state index in [0.29, 0.717) is 37.5 Å². The first-order valence-corrected chi connectivity index (χ1v) is 13.7. The second-order valence-electron chi connectivity index (χ2n) is 7.34. The largest absolute Gasteiger partial charge is 0.271 e. The predicted octanol–water partition coefficient (Wildman–Crippen LogP) is 6.56. The van der Waals surface area contributed by atoms with Crippen LogP contribution in [0, 0.1) is 0 Å². The minimum atomic E-state index is -3.84. The topological polar surface area (TPSA) is 76.9 Å². The first-order valence-electron chi connectivity index (χ1n) is 10.1. The molecule has 0 aliphatic rings. The highest BCUT2D eigenvalue weighted by molar-refractivity contribution is 7.98. The third kappa shape index (κ3) is 5.76. The van der Waals surface area contributed by atoms with Crippen LogP contribution in [-0.4, -0.2) is 23.2 Å². The minimum absolute atomic E-state index is 0.0919. The Bertz CT molecular complexity index is 1400. The SMILES string of the molecule is CC(NS(=O)(=O)c1ccc(Cl)cc1)c1nnc(SCc2ccccc2)n1-c1cc(Cl)ccc1Cl. The van der Waals surface area contributed by atoms with Gasteiger partial charge in [-0.1, -0.05) is 76.9 Å². The van der Waals surface area contributed by atoms with Crippen LogP contribution in [0.2, 0.25) is 15.1 Å². The molecule has 1 atom stereocenters. The maximum absolute atomic E-state index is 12.9. The van der Waals surface area contributed by atoms with Crippen molar-refractivity contribution in [3.8, 4) is 5.69 Å². The summed E-state index contributed by atoms with van der Waals surface area (Å²) in [6, 6.07) is 20.2. The van der Waals surface area contributed by atoms with Crippen LogP contribution in [0.25, 0.3) is 5.69 Å². The summed E-state index contributed by atoms with van der Waals surface area (Å²) in [7, 11) is -3.84. The van der Waals surface area contributed by atoms with Crippen LogP contribution in [0.4, 0.5) is 0 Å². The lowest BCUT2D eigenvalue weighted by molar-refractivity contribution is 0.556. The highest BCUT2D eigenvalue weighted by atomic mass is 35.5. The molecule has 1 aromatic heterocycles. The molecule has 1 N–H and O–H groups in total. The van der Waals surface area contributed by atoms with Crippen molar-refractivity contribution >= 4 is 56.6 Å². The third-order valence-corrected chi connectivity index (χ3v) is 8.22. The Morgan fingerprint density at radius 2 is 1.62 bits per heavy atom. The number of hydrogen-bond acceptors (Lipinski definition) is 5. The number of aromatic nitrogens is 3. The number of halogens is 3. The quantitative estimate of drug-likeness (QED) is 0.250. The molecule has 176 valence electrons. The summed E-state index contributed by atoms with van der Waals surface area (Å²) in [5.74, 6) is 1.01. The van der Waals surface area contributed by atoms with Crippen LogP contribution in [0.3, 0.4) is 0 Å².